The zero-order chi connectivity index (χ0) is 13.1. The first-order chi connectivity index (χ1) is 7.89. The molecule has 0 heterocycles. The van der Waals surface area contributed by atoms with Gasteiger partial charge in [0.2, 0.25) is 0 Å². The minimum Gasteiger partial charge on any atom is -0.496 e. The topological polar surface area (TPSA) is 64.3 Å². The van der Waals surface area contributed by atoms with Crippen LogP contribution in [0.5, 0.6) is 5.75 Å². The number of ether oxygens (including phenoxy) is 1. The Morgan fingerprint density at radius 1 is 1.53 bits per heavy atom. The van der Waals surface area contributed by atoms with Crippen LogP contribution in [0.25, 0.3) is 0 Å². The average molecular weight is 257 g/mol. The van der Waals surface area contributed by atoms with Gasteiger partial charge in [0.1, 0.15) is 5.75 Å². The molecule has 0 radical (unpaired) electrons. The zero-order valence-corrected chi connectivity index (χ0v) is 11.0. The second-order valence-corrected chi connectivity index (χ2v) is 4.82. The van der Waals surface area contributed by atoms with Gasteiger partial charge in [-0.1, -0.05) is 11.6 Å². The molecule has 94 valence electrons. The monoisotopic (exact) mass is 256 g/mol. The van der Waals surface area contributed by atoms with E-state index in [1.54, 1.807) is 18.2 Å². The fourth-order valence-corrected chi connectivity index (χ4v) is 1.44. The number of hydrogen-bond donors (Lipinski definition) is 2. The van der Waals surface area contributed by atoms with Crippen LogP contribution in [0.15, 0.2) is 18.2 Å². The summed E-state index contributed by atoms with van der Waals surface area (Å²) in [6, 6.07) is 4.88. The maximum Gasteiger partial charge on any atom is 0.255 e. The molecule has 1 aromatic carbocycles. The van der Waals surface area contributed by atoms with Crippen molar-refractivity contribution in [2.75, 3.05) is 13.7 Å². The molecule has 0 atom stereocenters. The highest BCUT2D eigenvalue weighted by molar-refractivity contribution is 6.30. The van der Waals surface area contributed by atoms with E-state index in [1.807, 2.05) is 13.8 Å². The lowest BCUT2D eigenvalue weighted by Crippen LogP contribution is -2.48. The van der Waals surface area contributed by atoms with Crippen molar-refractivity contribution in [3.8, 4) is 5.75 Å². The maximum atomic E-state index is 12.0. The maximum absolute atomic E-state index is 12.0. The Hall–Kier alpha value is -1.26. The summed E-state index contributed by atoms with van der Waals surface area (Å²) in [5.74, 6) is 0.219. The molecule has 0 spiro atoms. The summed E-state index contributed by atoms with van der Waals surface area (Å²) in [4.78, 5) is 12.0. The predicted molar refractivity (Wildman–Crippen MR) is 68.6 cm³/mol. The van der Waals surface area contributed by atoms with E-state index in [1.165, 1.54) is 7.11 Å². The molecular formula is C12H17ClN2O2. The number of nitrogens with one attached hydrogen (secondary N) is 1. The summed E-state index contributed by atoms with van der Waals surface area (Å²) in [5, 5.41) is 3.35. The van der Waals surface area contributed by atoms with E-state index in [2.05, 4.69) is 5.32 Å². The van der Waals surface area contributed by atoms with Gasteiger partial charge in [0.05, 0.1) is 12.7 Å². The minimum atomic E-state index is -0.457. The number of rotatable bonds is 4. The summed E-state index contributed by atoms with van der Waals surface area (Å²) in [5.41, 5.74) is 5.55. The molecule has 3 N–H and O–H groups in total. The van der Waals surface area contributed by atoms with Crippen molar-refractivity contribution in [1.82, 2.24) is 5.32 Å². The lowest BCUT2D eigenvalue weighted by molar-refractivity contribution is 0.0912. The highest BCUT2D eigenvalue weighted by atomic mass is 35.5. The third-order valence-electron chi connectivity index (χ3n) is 2.37. The van der Waals surface area contributed by atoms with Crippen molar-refractivity contribution in [2.24, 2.45) is 5.73 Å². The molecular weight excluding hydrogens is 240 g/mol. The smallest absolute Gasteiger partial charge is 0.255 e. The lowest BCUT2D eigenvalue weighted by Gasteiger charge is -2.24. The molecule has 1 aromatic rings. The first-order valence-corrected chi connectivity index (χ1v) is 5.63. The van der Waals surface area contributed by atoms with Crippen molar-refractivity contribution in [2.45, 2.75) is 19.4 Å². The van der Waals surface area contributed by atoms with Crippen LogP contribution < -0.4 is 15.8 Å². The third-order valence-corrected chi connectivity index (χ3v) is 2.61. The first-order valence-electron chi connectivity index (χ1n) is 5.26. The standard InChI is InChI=1S/C12H17ClN2O2/c1-12(2,7-14)15-11(16)9-5-4-8(13)6-10(9)17-3/h4-6H,7,14H2,1-3H3,(H,15,16). The minimum absolute atomic E-state index is 0.228. The Balaban J connectivity index is 2.96. The van der Waals surface area contributed by atoms with Crippen LogP contribution in [-0.2, 0) is 0 Å². The number of benzene rings is 1. The van der Waals surface area contributed by atoms with Gasteiger partial charge in [0.15, 0.2) is 0 Å². The molecule has 1 amide bonds. The van der Waals surface area contributed by atoms with Crippen molar-refractivity contribution in [3.05, 3.63) is 28.8 Å². The van der Waals surface area contributed by atoms with Crippen molar-refractivity contribution in [3.63, 3.8) is 0 Å². The van der Waals surface area contributed by atoms with E-state index in [0.717, 1.165) is 0 Å². The van der Waals surface area contributed by atoms with Crippen LogP contribution in [0.3, 0.4) is 0 Å². The van der Waals surface area contributed by atoms with Gasteiger partial charge in [-0.15, -0.1) is 0 Å². The molecule has 0 saturated carbocycles. The lowest BCUT2D eigenvalue weighted by atomic mass is 10.0. The Kier molecular flexibility index (Phi) is 4.37. The van der Waals surface area contributed by atoms with E-state index in [9.17, 15) is 4.79 Å². The molecule has 1 rings (SSSR count). The van der Waals surface area contributed by atoms with Gasteiger partial charge in [0.25, 0.3) is 5.91 Å². The molecule has 0 aliphatic carbocycles. The number of amides is 1. The third kappa shape index (κ3) is 3.61. The van der Waals surface area contributed by atoms with Crippen molar-refractivity contribution < 1.29 is 9.53 Å². The average Bonchev–Trinajstić information content (AvgIpc) is 2.28. The van der Waals surface area contributed by atoms with Gasteiger partial charge in [-0.25, -0.2) is 0 Å². The normalized spacial score (nSPS) is 11.1. The van der Waals surface area contributed by atoms with Crippen molar-refractivity contribution in [1.29, 1.82) is 0 Å². The molecule has 0 aliphatic heterocycles. The number of nitrogens with two attached hydrogens (primary N) is 1. The van der Waals surface area contributed by atoms with Gasteiger partial charge in [0, 0.05) is 17.1 Å². The van der Waals surface area contributed by atoms with Crippen LogP contribution in [-0.4, -0.2) is 25.1 Å². The van der Waals surface area contributed by atoms with Crippen LogP contribution in [0.2, 0.25) is 5.02 Å². The molecule has 0 aliphatic rings. The summed E-state index contributed by atoms with van der Waals surface area (Å²) in [6.45, 7) is 4.06. The van der Waals surface area contributed by atoms with E-state index >= 15 is 0 Å². The van der Waals surface area contributed by atoms with Gasteiger partial charge >= 0.3 is 0 Å². The van der Waals surface area contributed by atoms with E-state index in [0.29, 0.717) is 22.9 Å². The Morgan fingerprint density at radius 3 is 2.71 bits per heavy atom. The largest absolute Gasteiger partial charge is 0.496 e. The Labute approximate surface area is 106 Å². The van der Waals surface area contributed by atoms with Crippen LogP contribution >= 0.6 is 11.6 Å². The molecule has 0 saturated heterocycles. The van der Waals surface area contributed by atoms with Crippen LogP contribution in [0, 0.1) is 0 Å². The van der Waals surface area contributed by atoms with E-state index < -0.39 is 5.54 Å². The predicted octanol–water partition coefficient (Wildman–Crippen LogP) is 1.82. The number of carbonyl (C=O) groups excluding carboxylic acids is 1. The first kappa shape index (κ1) is 13.8. The number of hydrogen-bond acceptors (Lipinski definition) is 3. The summed E-state index contributed by atoms with van der Waals surface area (Å²) >= 11 is 5.83. The van der Waals surface area contributed by atoms with Crippen molar-refractivity contribution >= 4 is 17.5 Å². The molecule has 0 bridgehead atoms. The summed E-state index contributed by atoms with van der Waals surface area (Å²) in [6.07, 6.45) is 0. The number of halogens is 1. The quantitative estimate of drug-likeness (QED) is 0.864. The van der Waals surface area contributed by atoms with Crippen LogP contribution in [0.1, 0.15) is 24.2 Å². The molecule has 0 aromatic heterocycles. The highest BCUT2D eigenvalue weighted by Crippen LogP contribution is 2.23. The highest BCUT2D eigenvalue weighted by Gasteiger charge is 2.21. The summed E-state index contributed by atoms with van der Waals surface area (Å²) in [7, 11) is 1.50. The Morgan fingerprint density at radius 2 is 2.18 bits per heavy atom. The molecule has 0 unspecified atom stereocenters. The molecule has 4 nitrogen and oxygen atoms in total. The molecule has 17 heavy (non-hydrogen) atoms. The van der Waals surface area contributed by atoms with Gasteiger partial charge in [-0.2, -0.15) is 0 Å². The van der Waals surface area contributed by atoms with Gasteiger partial charge in [-0.05, 0) is 32.0 Å². The molecule has 5 heteroatoms. The SMILES string of the molecule is COc1cc(Cl)ccc1C(=O)NC(C)(C)CN. The second kappa shape index (κ2) is 5.38. The fraction of sp³-hybridized carbons (Fsp3) is 0.417. The fourth-order valence-electron chi connectivity index (χ4n) is 1.28. The number of methoxy groups -OCH3 is 1. The van der Waals surface area contributed by atoms with Crippen LogP contribution in [0.4, 0.5) is 0 Å². The van der Waals surface area contributed by atoms with Gasteiger partial charge < -0.3 is 15.8 Å². The molecule has 0 fully saturated rings. The second-order valence-electron chi connectivity index (χ2n) is 4.39. The van der Waals surface area contributed by atoms with E-state index in [-0.39, 0.29) is 5.91 Å². The Bertz CT molecular complexity index is 419. The van der Waals surface area contributed by atoms with Gasteiger partial charge in [-0.3, -0.25) is 4.79 Å². The summed E-state index contributed by atoms with van der Waals surface area (Å²) < 4.78 is 5.12. The van der Waals surface area contributed by atoms with E-state index in [4.69, 9.17) is 22.1 Å². The number of carbonyl (C=O) groups is 1. The zero-order valence-electron chi connectivity index (χ0n) is 10.2.